The van der Waals surface area contributed by atoms with Gasteiger partial charge in [-0.05, 0) is 124 Å². The van der Waals surface area contributed by atoms with E-state index in [9.17, 15) is 4.39 Å². The van der Waals surface area contributed by atoms with Gasteiger partial charge in [-0.1, -0.05) is 85.4 Å². The van der Waals surface area contributed by atoms with Gasteiger partial charge in [-0.3, -0.25) is 4.99 Å². The number of aryl methyl sites for hydroxylation is 2. The first kappa shape index (κ1) is 34.8. The average molecular weight is 537 g/mol. The van der Waals surface area contributed by atoms with E-state index in [4.69, 9.17) is 4.99 Å². The molecular formula is C36H57FN2. The van der Waals surface area contributed by atoms with Gasteiger partial charge < -0.3 is 4.90 Å². The number of hydrogen-bond acceptors (Lipinski definition) is 2. The first-order chi connectivity index (χ1) is 18.7. The molecule has 0 amide bonds. The molecule has 1 atom stereocenters. The highest BCUT2D eigenvalue weighted by molar-refractivity contribution is 5.89. The summed E-state index contributed by atoms with van der Waals surface area (Å²) in [4.78, 5) is 7.44. The molecule has 2 rings (SSSR count). The van der Waals surface area contributed by atoms with Crippen LogP contribution in [-0.4, -0.2) is 30.7 Å². The molecule has 0 aromatic heterocycles. The van der Waals surface area contributed by atoms with Gasteiger partial charge in [0.25, 0.3) is 0 Å². The predicted molar refractivity (Wildman–Crippen MR) is 173 cm³/mol. The molecule has 0 aliphatic heterocycles. The van der Waals surface area contributed by atoms with E-state index in [1.807, 2.05) is 13.0 Å². The van der Waals surface area contributed by atoms with Crippen molar-refractivity contribution in [2.45, 2.75) is 113 Å². The van der Waals surface area contributed by atoms with Crippen molar-refractivity contribution in [2.75, 3.05) is 20.1 Å². The van der Waals surface area contributed by atoms with Crippen LogP contribution in [0.3, 0.4) is 0 Å². The average Bonchev–Trinajstić information content (AvgIpc) is 2.91. The van der Waals surface area contributed by atoms with E-state index in [0.29, 0.717) is 5.92 Å². The van der Waals surface area contributed by atoms with Crippen molar-refractivity contribution >= 4 is 17.0 Å². The summed E-state index contributed by atoms with van der Waals surface area (Å²) in [5.41, 5.74) is 7.95. The fourth-order valence-electron chi connectivity index (χ4n) is 4.73. The molecule has 0 saturated heterocycles. The number of nitrogens with zero attached hydrogens (tertiary/aromatic N) is 2. The van der Waals surface area contributed by atoms with Gasteiger partial charge in [-0.15, -0.1) is 0 Å². The minimum absolute atomic E-state index is 0.185. The number of halogens is 1. The largest absolute Gasteiger partial charge is 0.306 e. The maximum atomic E-state index is 13.6. The van der Waals surface area contributed by atoms with E-state index in [1.54, 1.807) is 12.1 Å². The Labute approximate surface area is 240 Å². The molecule has 0 N–H and O–H groups in total. The first-order valence-electron chi connectivity index (χ1n) is 15.6. The number of benzene rings is 2. The topological polar surface area (TPSA) is 15.6 Å². The maximum absolute atomic E-state index is 13.6. The second kappa shape index (κ2) is 19.7. The van der Waals surface area contributed by atoms with Crippen LogP contribution < -0.4 is 0 Å². The lowest BCUT2D eigenvalue weighted by Crippen LogP contribution is -2.20. The Morgan fingerprint density at radius 1 is 0.872 bits per heavy atom. The molecule has 0 fully saturated rings. The van der Waals surface area contributed by atoms with Crippen molar-refractivity contribution in [1.29, 1.82) is 0 Å². The van der Waals surface area contributed by atoms with Gasteiger partial charge in [0.15, 0.2) is 0 Å². The Balaban J connectivity index is 0.000000646. The molecule has 0 radical (unpaired) electrons. The van der Waals surface area contributed by atoms with Crippen LogP contribution in [0.1, 0.15) is 122 Å². The third-order valence-electron chi connectivity index (χ3n) is 7.32. The molecule has 0 aliphatic rings. The van der Waals surface area contributed by atoms with Crippen LogP contribution >= 0.6 is 0 Å². The Bertz CT molecular complexity index is 1020. The lowest BCUT2D eigenvalue weighted by Gasteiger charge is -2.15. The quantitative estimate of drug-likeness (QED) is 0.163. The molecule has 0 aliphatic carbocycles. The van der Waals surface area contributed by atoms with Crippen LogP contribution in [0.15, 0.2) is 47.5 Å². The van der Waals surface area contributed by atoms with E-state index < -0.39 is 0 Å². The van der Waals surface area contributed by atoms with E-state index >= 15 is 0 Å². The van der Waals surface area contributed by atoms with E-state index in [-0.39, 0.29) is 5.82 Å². The summed E-state index contributed by atoms with van der Waals surface area (Å²) >= 11 is 0. The normalized spacial score (nSPS) is 12.9. The highest BCUT2D eigenvalue weighted by atomic mass is 19.1. The van der Waals surface area contributed by atoms with E-state index in [1.165, 1.54) is 61.2 Å². The molecular weight excluding hydrogens is 479 g/mol. The second-order valence-corrected chi connectivity index (χ2v) is 11.0. The summed E-state index contributed by atoms with van der Waals surface area (Å²) in [5, 5.41) is 0. The third-order valence-corrected chi connectivity index (χ3v) is 7.32. The zero-order valence-electron chi connectivity index (χ0n) is 26.7. The summed E-state index contributed by atoms with van der Waals surface area (Å²) < 4.78 is 13.6. The van der Waals surface area contributed by atoms with E-state index in [2.05, 4.69) is 84.7 Å². The Kier molecular flexibility index (Phi) is 17.6. The molecule has 2 nitrogen and oxygen atoms in total. The highest BCUT2D eigenvalue weighted by Gasteiger charge is 2.12. The summed E-state index contributed by atoms with van der Waals surface area (Å²) in [7, 11) is 2.21. The minimum Gasteiger partial charge on any atom is -0.306 e. The van der Waals surface area contributed by atoms with Crippen molar-refractivity contribution in [2.24, 2.45) is 10.9 Å². The maximum Gasteiger partial charge on any atom is 0.123 e. The van der Waals surface area contributed by atoms with Crippen molar-refractivity contribution < 1.29 is 4.39 Å². The number of rotatable bonds is 15. The summed E-state index contributed by atoms with van der Waals surface area (Å²) in [6.45, 7) is 20.0. The standard InChI is InChI=1S/C27H36FN.C9H21N/c1-7-10-12-25(24-15-14-23(28)18-20(24)5)22-13-16-27(21(6)17-22)29-26(11-8-2)19(4)9-3;1-4-6-7-9-10(3)8-5-2/h12-19H,7-11H2,1-6H3;4-9H2,1-3H3/b25-12-,29-26?;. The van der Waals surface area contributed by atoms with Gasteiger partial charge in [0, 0.05) is 5.71 Å². The Hall–Kier alpha value is -2.26. The number of allylic oxidation sites excluding steroid dienone is 1. The van der Waals surface area contributed by atoms with Crippen molar-refractivity contribution in [1.82, 2.24) is 4.90 Å². The molecule has 218 valence electrons. The van der Waals surface area contributed by atoms with Crippen molar-refractivity contribution in [3.05, 3.63) is 70.5 Å². The SMILES string of the molecule is CCC/C=C(/c1ccc(N=C(CCC)C(C)CC)c(C)c1)c1ccc(F)cc1C.CCCCCN(C)CCC. The Morgan fingerprint density at radius 3 is 2.18 bits per heavy atom. The predicted octanol–water partition coefficient (Wildman–Crippen LogP) is 11.1. The van der Waals surface area contributed by atoms with Crippen LogP contribution in [-0.2, 0) is 0 Å². The monoisotopic (exact) mass is 536 g/mol. The van der Waals surface area contributed by atoms with Gasteiger partial charge in [0.2, 0.25) is 0 Å². The zero-order chi connectivity index (χ0) is 29.2. The minimum atomic E-state index is -0.185. The molecule has 0 bridgehead atoms. The van der Waals surface area contributed by atoms with Crippen molar-refractivity contribution in [3.63, 3.8) is 0 Å². The summed E-state index contributed by atoms with van der Waals surface area (Å²) in [6.07, 6.45) is 13.0. The van der Waals surface area contributed by atoms with Crippen molar-refractivity contribution in [3.8, 4) is 0 Å². The van der Waals surface area contributed by atoms with E-state index in [0.717, 1.165) is 48.9 Å². The first-order valence-corrected chi connectivity index (χ1v) is 15.6. The second-order valence-electron chi connectivity index (χ2n) is 11.0. The zero-order valence-corrected chi connectivity index (χ0v) is 26.7. The number of aliphatic imine (C=N–C) groups is 1. The van der Waals surface area contributed by atoms with Crippen LogP contribution in [0.4, 0.5) is 10.1 Å². The van der Waals surface area contributed by atoms with Gasteiger partial charge in [0.1, 0.15) is 5.82 Å². The number of unbranched alkanes of at least 4 members (excludes halogenated alkanes) is 3. The third kappa shape index (κ3) is 12.6. The van der Waals surface area contributed by atoms with Crippen LogP contribution in [0.5, 0.6) is 0 Å². The fourth-order valence-corrected chi connectivity index (χ4v) is 4.73. The molecule has 39 heavy (non-hydrogen) atoms. The lowest BCUT2D eigenvalue weighted by atomic mass is 9.92. The van der Waals surface area contributed by atoms with Gasteiger partial charge in [0.05, 0.1) is 5.69 Å². The van der Waals surface area contributed by atoms with Gasteiger partial charge in [-0.25, -0.2) is 4.39 Å². The van der Waals surface area contributed by atoms with Crippen LogP contribution in [0.2, 0.25) is 0 Å². The number of hydrogen-bond donors (Lipinski definition) is 0. The molecule has 2 aromatic carbocycles. The molecule has 2 aromatic rings. The molecule has 0 spiro atoms. The van der Waals surface area contributed by atoms with Crippen LogP contribution in [0.25, 0.3) is 5.57 Å². The Morgan fingerprint density at radius 2 is 1.62 bits per heavy atom. The van der Waals surface area contributed by atoms with Gasteiger partial charge >= 0.3 is 0 Å². The molecule has 0 saturated carbocycles. The molecule has 3 heteroatoms. The molecule has 0 heterocycles. The smallest absolute Gasteiger partial charge is 0.123 e. The summed E-state index contributed by atoms with van der Waals surface area (Å²) in [5.74, 6) is 0.325. The molecule has 1 unspecified atom stereocenters. The fraction of sp³-hybridized carbons (Fsp3) is 0.583. The summed E-state index contributed by atoms with van der Waals surface area (Å²) in [6, 6.07) is 11.6. The lowest BCUT2D eigenvalue weighted by molar-refractivity contribution is 0.326. The van der Waals surface area contributed by atoms with Gasteiger partial charge in [-0.2, -0.15) is 0 Å². The van der Waals surface area contributed by atoms with Crippen LogP contribution in [0, 0.1) is 25.6 Å². The highest BCUT2D eigenvalue weighted by Crippen LogP contribution is 2.31.